The van der Waals surface area contributed by atoms with E-state index in [9.17, 15) is 14.4 Å². The van der Waals surface area contributed by atoms with E-state index in [1.54, 1.807) is 62.6 Å². The summed E-state index contributed by atoms with van der Waals surface area (Å²) in [6.45, 7) is -0.714. The van der Waals surface area contributed by atoms with Crippen molar-refractivity contribution in [3.05, 3.63) is 78.9 Å². The summed E-state index contributed by atoms with van der Waals surface area (Å²) >= 11 is 0. The molecule has 0 fully saturated rings. The number of nitrogens with two attached hydrogens (primary N) is 1. The highest BCUT2D eigenvalue weighted by Gasteiger charge is 2.22. The van der Waals surface area contributed by atoms with Crippen molar-refractivity contribution in [2.45, 2.75) is 0 Å². The van der Waals surface area contributed by atoms with Gasteiger partial charge in [-0.2, -0.15) is 0 Å². The van der Waals surface area contributed by atoms with Crippen LogP contribution in [-0.2, 0) is 14.4 Å². The van der Waals surface area contributed by atoms with Gasteiger partial charge in [-0.05, 0) is 36.4 Å². The fourth-order valence-corrected chi connectivity index (χ4v) is 3.49. The molecule has 0 spiro atoms. The first-order valence-corrected chi connectivity index (χ1v) is 11.3. The molecule has 3 rings (SSSR count). The average molecular weight is 491 g/mol. The summed E-state index contributed by atoms with van der Waals surface area (Å²) in [4.78, 5) is 42.5. The first-order valence-electron chi connectivity index (χ1n) is 11.3. The minimum atomic E-state index is -0.422. The Morgan fingerprint density at radius 1 is 0.778 bits per heavy atom. The molecule has 0 saturated carbocycles. The standard InChI is InChI=1S/C27H30N4O5/c1-29(20-10-5-4-6-11-20)26(33)18-31(25(32)17-28)21-12-9-13-22(16-21)36-19-27(34)30(2)23-14-7-8-15-24(23)35-3/h4-16H,17-19,28H2,1-3H3. The molecule has 9 nitrogen and oxygen atoms in total. The first-order chi connectivity index (χ1) is 17.3. The number of nitrogens with zero attached hydrogens (tertiary/aromatic N) is 3. The number of amides is 3. The summed E-state index contributed by atoms with van der Waals surface area (Å²) in [6, 6.07) is 22.9. The number of para-hydroxylation sites is 3. The number of carbonyl (C=O) groups is 3. The summed E-state index contributed by atoms with van der Waals surface area (Å²) in [6.07, 6.45) is 0. The quantitative estimate of drug-likeness (QED) is 0.469. The van der Waals surface area contributed by atoms with Crippen molar-refractivity contribution in [2.75, 3.05) is 55.6 Å². The second-order valence-corrected chi connectivity index (χ2v) is 7.88. The number of hydrogen-bond acceptors (Lipinski definition) is 6. The highest BCUT2D eigenvalue weighted by Crippen LogP contribution is 2.27. The van der Waals surface area contributed by atoms with Crippen LogP contribution < -0.4 is 29.9 Å². The van der Waals surface area contributed by atoms with Gasteiger partial charge in [-0.3, -0.25) is 14.4 Å². The highest BCUT2D eigenvalue weighted by atomic mass is 16.5. The number of methoxy groups -OCH3 is 1. The van der Waals surface area contributed by atoms with E-state index >= 15 is 0 Å². The van der Waals surface area contributed by atoms with Gasteiger partial charge >= 0.3 is 0 Å². The maximum Gasteiger partial charge on any atom is 0.264 e. The van der Waals surface area contributed by atoms with Gasteiger partial charge in [0.25, 0.3) is 5.91 Å². The van der Waals surface area contributed by atoms with E-state index in [2.05, 4.69) is 0 Å². The number of benzene rings is 3. The summed E-state index contributed by atoms with van der Waals surface area (Å²) in [5, 5.41) is 0. The lowest BCUT2D eigenvalue weighted by molar-refractivity contribution is -0.121. The molecule has 0 saturated heterocycles. The van der Waals surface area contributed by atoms with E-state index in [1.807, 2.05) is 30.3 Å². The van der Waals surface area contributed by atoms with Crippen LogP contribution in [0.2, 0.25) is 0 Å². The molecule has 0 atom stereocenters. The van der Waals surface area contributed by atoms with Crippen molar-refractivity contribution < 1.29 is 23.9 Å². The highest BCUT2D eigenvalue weighted by molar-refractivity contribution is 6.04. The molecule has 3 aromatic rings. The second-order valence-electron chi connectivity index (χ2n) is 7.88. The normalized spacial score (nSPS) is 10.3. The van der Waals surface area contributed by atoms with Gasteiger partial charge in [0.05, 0.1) is 19.3 Å². The van der Waals surface area contributed by atoms with E-state index in [1.165, 1.54) is 21.8 Å². The van der Waals surface area contributed by atoms with Crippen molar-refractivity contribution in [3.63, 3.8) is 0 Å². The van der Waals surface area contributed by atoms with Gasteiger partial charge in [-0.15, -0.1) is 0 Å². The van der Waals surface area contributed by atoms with Crippen LogP contribution in [0.25, 0.3) is 0 Å². The lowest BCUT2D eigenvalue weighted by Crippen LogP contribution is -2.44. The maximum atomic E-state index is 12.9. The zero-order valence-corrected chi connectivity index (χ0v) is 20.6. The Morgan fingerprint density at radius 2 is 1.44 bits per heavy atom. The zero-order valence-electron chi connectivity index (χ0n) is 20.6. The van der Waals surface area contributed by atoms with Crippen molar-refractivity contribution >= 4 is 34.8 Å². The number of likely N-dealkylation sites (N-methyl/N-ethyl adjacent to an activating group) is 2. The van der Waals surface area contributed by atoms with Gasteiger partial charge in [-0.25, -0.2) is 0 Å². The second kappa shape index (κ2) is 12.4. The average Bonchev–Trinajstić information content (AvgIpc) is 2.93. The topological polar surface area (TPSA) is 105 Å². The third-order valence-corrected chi connectivity index (χ3v) is 5.60. The predicted molar refractivity (Wildman–Crippen MR) is 140 cm³/mol. The number of anilines is 3. The van der Waals surface area contributed by atoms with E-state index < -0.39 is 5.91 Å². The lowest BCUT2D eigenvalue weighted by atomic mass is 10.2. The third-order valence-electron chi connectivity index (χ3n) is 5.60. The Balaban J connectivity index is 1.71. The molecule has 0 radical (unpaired) electrons. The number of hydrogen-bond donors (Lipinski definition) is 1. The molecule has 0 unspecified atom stereocenters. The number of ether oxygens (including phenoxy) is 2. The van der Waals surface area contributed by atoms with Crippen LogP contribution in [-0.4, -0.2) is 58.6 Å². The maximum absolute atomic E-state index is 12.9. The SMILES string of the molecule is COc1ccccc1N(C)C(=O)COc1cccc(N(CC(=O)N(C)c2ccccc2)C(=O)CN)c1. The Labute approximate surface area is 210 Å². The van der Waals surface area contributed by atoms with E-state index in [0.29, 0.717) is 28.6 Å². The molecule has 188 valence electrons. The smallest absolute Gasteiger partial charge is 0.264 e. The first kappa shape index (κ1) is 26.2. The molecule has 9 heteroatoms. The monoisotopic (exact) mass is 490 g/mol. The van der Waals surface area contributed by atoms with Crippen LogP contribution in [0.4, 0.5) is 17.1 Å². The van der Waals surface area contributed by atoms with Gasteiger partial charge in [-0.1, -0.05) is 36.4 Å². The van der Waals surface area contributed by atoms with Crippen molar-refractivity contribution in [2.24, 2.45) is 5.73 Å². The van der Waals surface area contributed by atoms with Gasteiger partial charge in [0.15, 0.2) is 6.61 Å². The van der Waals surface area contributed by atoms with Crippen molar-refractivity contribution in [1.29, 1.82) is 0 Å². The zero-order chi connectivity index (χ0) is 26.1. The van der Waals surface area contributed by atoms with E-state index in [-0.39, 0.29) is 31.5 Å². The van der Waals surface area contributed by atoms with Crippen LogP contribution in [0.3, 0.4) is 0 Å². The Hall–Kier alpha value is -4.37. The van der Waals surface area contributed by atoms with Crippen LogP contribution in [0.15, 0.2) is 78.9 Å². The Bertz CT molecular complexity index is 1200. The third kappa shape index (κ3) is 6.39. The molecule has 0 bridgehead atoms. The van der Waals surface area contributed by atoms with Gasteiger partial charge in [0, 0.05) is 31.5 Å². The van der Waals surface area contributed by atoms with Crippen LogP contribution in [0, 0.1) is 0 Å². The molecule has 3 aromatic carbocycles. The summed E-state index contributed by atoms with van der Waals surface area (Å²) in [7, 11) is 4.82. The molecular formula is C27H30N4O5. The largest absolute Gasteiger partial charge is 0.495 e. The number of rotatable bonds is 10. The van der Waals surface area contributed by atoms with Crippen LogP contribution >= 0.6 is 0 Å². The molecule has 0 aliphatic rings. The lowest BCUT2D eigenvalue weighted by Gasteiger charge is -2.25. The van der Waals surface area contributed by atoms with Crippen molar-refractivity contribution in [1.82, 2.24) is 0 Å². The molecule has 0 aliphatic heterocycles. The molecule has 2 N–H and O–H groups in total. The Morgan fingerprint density at radius 3 is 2.14 bits per heavy atom. The van der Waals surface area contributed by atoms with E-state index in [4.69, 9.17) is 15.2 Å². The number of carbonyl (C=O) groups excluding carboxylic acids is 3. The molecule has 0 heterocycles. The van der Waals surface area contributed by atoms with Gasteiger partial charge < -0.3 is 29.9 Å². The van der Waals surface area contributed by atoms with Crippen molar-refractivity contribution in [3.8, 4) is 11.5 Å². The molecular weight excluding hydrogens is 460 g/mol. The minimum Gasteiger partial charge on any atom is -0.495 e. The predicted octanol–water partition coefficient (Wildman–Crippen LogP) is 2.69. The fourth-order valence-electron chi connectivity index (χ4n) is 3.49. The molecule has 0 aromatic heterocycles. The molecule has 36 heavy (non-hydrogen) atoms. The van der Waals surface area contributed by atoms with E-state index in [0.717, 1.165) is 0 Å². The molecule has 3 amide bonds. The summed E-state index contributed by atoms with van der Waals surface area (Å²) < 4.78 is 11.0. The van der Waals surface area contributed by atoms with Gasteiger partial charge in [0.2, 0.25) is 11.8 Å². The summed E-state index contributed by atoms with van der Waals surface area (Å²) in [5.41, 5.74) is 7.37. The summed E-state index contributed by atoms with van der Waals surface area (Å²) in [5.74, 6) is -0.0688. The van der Waals surface area contributed by atoms with Crippen LogP contribution in [0.5, 0.6) is 11.5 Å². The minimum absolute atomic E-state index is 0.208. The Kier molecular flexibility index (Phi) is 9.01. The van der Waals surface area contributed by atoms with Crippen LogP contribution in [0.1, 0.15) is 0 Å². The molecule has 0 aliphatic carbocycles. The van der Waals surface area contributed by atoms with Gasteiger partial charge in [0.1, 0.15) is 18.0 Å². The fraction of sp³-hybridized carbons (Fsp3) is 0.222.